The van der Waals surface area contributed by atoms with Crippen LogP contribution in [0.4, 0.5) is 5.69 Å². The van der Waals surface area contributed by atoms with Crippen molar-refractivity contribution < 1.29 is 36.6 Å². The molecule has 180 valence electrons. The fraction of sp³-hybridized carbons (Fsp3) is 0.217. The summed E-state index contributed by atoms with van der Waals surface area (Å²) in [5.41, 5.74) is 0.310. The number of anilines is 1. The highest BCUT2D eigenvalue weighted by Gasteiger charge is 2.22. The number of benzene rings is 2. The molecule has 10 nitrogen and oxygen atoms in total. The van der Waals surface area contributed by atoms with Gasteiger partial charge in [0, 0.05) is 6.07 Å². The first-order valence-electron chi connectivity index (χ1n) is 10.1. The number of nitrogens with one attached hydrogen (secondary N) is 2. The van der Waals surface area contributed by atoms with Gasteiger partial charge in [0.15, 0.2) is 6.10 Å². The lowest BCUT2D eigenvalue weighted by Crippen LogP contribution is -2.30. The molecule has 1 aromatic heterocycles. The number of carbonyl (C=O) groups excluding carboxylic acids is 2. The van der Waals surface area contributed by atoms with Crippen molar-refractivity contribution >= 4 is 27.6 Å². The van der Waals surface area contributed by atoms with E-state index in [4.69, 9.17) is 18.6 Å². The minimum atomic E-state index is -3.92. The summed E-state index contributed by atoms with van der Waals surface area (Å²) in [6.45, 7) is 1.35. The molecule has 0 aliphatic rings. The zero-order chi connectivity index (χ0) is 24.7. The van der Waals surface area contributed by atoms with Gasteiger partial charge in [-0.15, -0.1) is 0 Å². The van der Waals surface area contributed by atoms with Gasteiger partial charge < -0.3 is 23.9 Å². The lowest BCUT2D eigenvalue weighted by Gasteiger charge is -2.16. The Morgan fingerprint density at radius 2 is 1.82 bits per heavy atom. The van der Waals surface area contributed by atoms with Crippen LogP contribution in [-0.2, 0) is 26.1 Å². The Labute approximate surface area is 196 Å². The number of methoxy groups -OCH3 is 2. The zero-order valence-corrected chi connectivity index (χ0v) is 19.5. The third-order valence-electron chi connectivity index (χ3n) is 4.71. The van der Waals surface area contributed by atoms with Gasteiger partial charge >= 0.3 is 5.97 Å². The molecule has 0 aliphatic heterocycles. The molecule has 2 aromatic carbocycles. The highest BCUT2D eigenvalue weighted by Crippen LogP contribution is 2.29. The van der Waals surface area contributed by atoms with Crippen LogP contribution in [0, 0.1) is 0 Å². The average molecular weight is 489 g/mol. The van der Waals surface area contributed by atoms with E-state index in [1.807, 2.05) is 0 Å². The smallest absolute Gasteiger partial charge is 0.338 e. The molecule has 1 atom stereocenters. The first kappa shape index (κ1) is 24.8. The highest BCUT2D eigenvalue weighted by molar-refractivity contribution is 7.89. The molecule has 0 saturated carbocycles. The molecule has 0 bridgehead atoms. The van der Waals surface area contributed by atoms with Crippen molar-refractivity contribution in [2.24, 2.45) is 0 Å². The van der Waals surface area contributed by atoms with Crippen molar-refractivity contribution in [2.45, 2.75) is 24.5 Å². The van der Waals surface area contributed by atoms with Gasteiger partial charge in [0.25, 0.3) is 5.91 Å². The van der Waals surface area contributed by atoms with Crippen LogP contribution in [0.2, 0.25) is 0 Å². The zero-order valence-electron chi connectivity index (χ0n) is 18.7. The van der Waals surface area contributed by atoms with Gasteiger partial charge in [0.2, 0.25) is 10.0 Å². The van der Waals surface area contributed by atoms with Gasteiger partial charge in [-0.25, -0.2) is 17.9 Å². The second-order valence-electron chi connectivity index (χ2n) is 7.03. The van der Waals surface area contributed by atoms with Crippen LogP contribution in [0.3, 0.4) is 0 Å². The molecule has 0 fully saturated rings. The van der Waals surface area contributed by atoms with E-state index in [2.05, 4.69) is 10.0 Å². The van der Waals surface area contributed by atoms with Crippen molar-refractivity contribution in [3.8, 4) is 11.5 Å². The first-order chi connectivity index (χ1) is 16.2. The van der Waals surface area contributed by atoms with E-state index >= 15 is 0 Å². The molecular weight excluding hydrogens is 464 g/mol. The molecule has 0 saturated heterocycles. The molecule has 3 aromatic rings. The maximum Gasteiger partial charge on any atom is 0.338 e. The summed E-state index contributed by atoms with van der Waals surface area (Å²) in [6.07, 6.45) is 0.253. The van der Waals surface area contributed by atoms with Gasteiger partial charge in [0.05, 0.1) is 43.2 Å². The van der Waals surface area contributed by atoms with Crippen LogP contribution in [-0.4, -0.2) is 40.6 Å². The van der Waals surface area contributed by atoms with Crippen molar-refractivity contribution in [1.29, 1.82) is 0 Å². The molecule has 1 amide bonds. The quantitative estimate of drug-likeness (QED) is 0.416. The Morgan fingerprint density at radius 1 is 1.03 bits per heavy atom. The van der Waals surface area contributed by atoms with E-state index in [0.29, 0.717) is 22.9 Å². The second kappa shape index (κ2) is 10.9. The number of carbonyl (C=O) groups is 2. The summed E-state index contributed by atoms with van der Waals surface area (Å²) >= 11 is 0. The number of hydrogen-bond donors (Lipinski definition) is 2. The van der Waals surface area contributed by atoms with E-state index in [1.54, 1.807) is 30.3 Å². The van der Waals surface area contributed by atoms with E-state index in [1.165, 1.54) is 51.7 Å². The topological polar surface area (TPSA) is 133 Å². The van der Waals surface area contributed by atoms with Gasteiger partial charge in [-0.3, -0.25) is 4.79 Å². The first-order valence-corrected chi connectivity index (χ1v) is 11.6. The second-order valence-corrected chi connectivity index (χ2v) is 8.80. The summed E-state index contributed by atoms with van der Waals surface area (Å²) in [5, 5.41) is 2.62. The van der Waals surface area contributed by atoms with E-state index in [9.17, 15) is 18.0 Å². The van der Waals surface area contributed by atoms with E-state index in [0.717, 1.165) is 0 Å². The molecule has 1 heterocycles. The Kier molecular flexibility index (Phi) is 7.92. The number of amides is 1. The summed E-state index contributed by atoms with van der Waals surface area (Å²) in [6, 6.07) is 13.4. The predicted molar refractivity (Wildman–Crippen MR) is 122 cm³/mol. The molecule has 3 rings (SSSR count). The molecule has 1 unspecified atom stereocenters. The van der Waals surface area contributed by atoms with Crippen molar-refractivity contribution in [3.05, 3.63) is 72.2 Å². The lowest BCUT2D eigenvalue weighted by atomic mass is 10.2. The van der Waals surface area contributed by atoms with Crippen LogP contribution < -0.4 is 19.5 Å². The van der Waals surface area contributed by atoms with Crippen LogP contribution in [0.1, 0.15) is 23.0 Å². The summed E-state index contributed by atoms with van der Waals surface area (Å²) in [4.78, 5) is 25.0. The molecular formula is C23H24N2O8S. The third-order valence-corrected chi connectivity index (χ3v) is 6.11. The number of esters is 1. The highest BCUT2D eigenvalue weighted by atomic mass is 32.2. The molecule has 2 N–H and O–H groups in total. The fourth-order valence-corrected chi connectivity index (χ4v) is 3.92. The molecule has 0 spiro atoms. The van der Waals surface area contributed by atoms with Crippen LogP contribution in [0.15, 0.2) is 70.2 Å². The van der Waals surface area contributed by atoms with Crippen LogP contribution >= 0.6 is 0 Å². The fourth-order valence-electron chi connectivity index (χ4n) is 2.88. The SMILES string of the molecule is COc1ccc(OC)c(NC(=O)C(C)OC(=O)c2cccc(S(=O)(=O)NCc3ccco3)c2)c1. The molecule has 34 heavy (non-hydrogen) atoms. The van der Waals surface area contributed by atoms with E-state index < -0.39 is 28.0 Å². The normalized spacial score (nSPS) is 12.0. The monoisotopic (exact) mass is 488 g/mol. The number of sulfonamides is 1. The molecule has 0 radical (unpaired) electrons. The van der Waals surface area contributed by atoms with Crippen LogP contribution in [0.5, 0.6) is 11.5 Å². The van der Waals surface area contributed by atoms with Gasteiger partial charge in [-0.1, -0.05) is 6.07 Å². The average Bonchev–Trinajstić information content (AvgIpc) is 3.36. The lowest BCUT2D eigenvalue weighted by molar-refractivity contribution is -0.123. The Morgan fingerprint density at radius 3 is 2.50 bits per heavy atom. The number of furan rings is 1. The Bertz CT molecular complexity index is 1260. The third kappa shape index (κ3) is 6.15. The molecule has 11 heteroatoms. The maximum absolute atomic E-state index is 12.6. The van der Waals surface area contributed by atoms with Gasteiger partial charge in [-0.2, -0.15) is 0 Å². The molecule has 0 aliphatic carbocycles. The van der Waals surface area contributed by atoms with Crippen LogP contribution in [0.25, 0.3) is 0 Å². The minimum absolute atomic E-state index is 0.0283. The largest absolute Gasteiger partial charge is 0.497 e. The standard InChI is InChI=1S/C23H24N2O8S/c1-15(22(26)25-20-13-17(30-2)9-10-21(20)31-3)33-23(27)16-6-4-8-19(12-16)34(28,29)24-14-18-7-5-11-32-18/h4-13,15,24H,14H2,1-3H3,(H,25,26). The van der Waals surface area contributed by atoms with Crippen molar-refractivity contribution in [1.82, 2.24) is 4.72 Å². The number of ether oxygens (including phenoxy) is 3. The maximum atomic E-state index is 12.6. The van der Waals surface area contributed by atoms with E-state index in [-0.39, 0.29) is 17.0 Å². The summed E-state index contributed by atoms with van der Waals surface area (Å²) < 4.78 is 48.2. The minimum Gasteiger partial charge on any atom is -0.497 e. The summed E-state index contributed by atoms with van der Waals surface area (Å²) in [5.74, 6) is -0.133. The van der Waals surface area contributed by atoms with Gasteiger partial charge in [-0.05, 0) is 49.4 Å². The number of rotatable bonds is 10. The Hall–Kier alpha value is -3.83. The van der Waals surface area contributed by atoms with Gasteiger partial charge in [0.1, 0.15) is 17.3 Å². The van der Waals surface area contributed by atoms with Crippen molar-refractivity contribution in [2.75, 3.05) is 19.5 Å². The predicted octanol–water partition coefficient (Wildman–Crippen LogP) is 2.96. The van der Waals surface area contributed by atoms with Crippen molar-refractivity contribution in [3.63, 3.8) is 0 Å². The summed E-state index contributed by atoms with van der Waals surface area (Å²) in [7, 11) is -0.980. The Balaban J connectivity index is 1.66. The number of hydrogen-bond acceptors (Lipinski definition) is 8.